The Morgan fingerprint density at radius 2 is 1.76 bits per heavy atom. The first-order valence-electron chi connectivity index (χ1n) is 8.18. The summed E-state index contributed by atoms with van der Waals surface area (Å²) in [6.07, 6.45) is 3.16. The third kappa shape index (κ3) is 6.12. The first kappa shape index (κ1) is 21.1. The molecule has 0 spiro atoms. The Hall–Kier alpha value is -1.96. The summed E-state index contributed by atoms with van der Waals surface area (Å²) in [6, 6.07) is 4.86. The molecule has 7 nitrogen and oxygen atoms in total. The summed E-state index contributed by atoms with van der Waals surface area (Å²) in [5.74, 6) is 0.859. The van der Waals surface area contributed by atoms with Crippen LogP contribution in [0.3, 0.4) is 0 Å². The van der Waals surface area contributed by atoms with E-state index in [2.05, 4.69) is 6.92 Å². The van der Waals surface area contributed by atoms with Gasteiger partial charge in [0.15, 0.2) is 11.5 Å². The highest BCUT2D eigenvalue weighted by Crippen LogP contribution is 2.32. The number of amides is 1. The SMILES string of the molecule is CCCCN(C)C(=O)CCN(c1ccc(OC)c(OC)c1)S(C)(=O)=O. The van der Waals surface area contributed by atoms with Crippen LogP contribution in [0.1, 0.15) is 26.2 Å². The van der Waals surface area contributed by atoms with Gasteiger partial charge in [-0.3, -0.25) is 9.10 Å². The Kier molecular flexibility index (Phi) is 8.02. The average molecular weight is 372 g/mol. The van der Waals surface area contributed by atoms with Gasteiger partial charge in [0.25, 0.3) is 0 Å². The van der Waals surface area contributed by atoms with Crippen molar-refractivity contribution in [1.82, 2.24) is 4.90 Å². The predicted molar refractivity (Wildman–Crippen MR) is 98.9 cm³/mol. The van der Waals surface area contributed by atoms with Crippen molar-refractivity contribution in [2.75, 3.05) is 44.9 Å². The third-order valence-electron chi connectivity index (χ3n) is 3.86. The molecular formula is C17H28N2O5S. The molecule has 142 valence electrons. The zero-order chi connectivity index (χ0) is 19.0. The molecule has 1 aromatic carbocycles. The van der Waals surface area contributed by atoms with Gasteiger partial charge < -0.3 is 14.4 Å². The Bertz CT molecular complexity index is 676. The molecule has 0 saturated heterocycles. The molecule has 0 unspecified atom stereocenters. The van der Waals surface area contributed by atoms with Crippen LogP contribution in [0, 0.1) is 0 Å². The van der Waals surface area contributed by atoms with Crippen molar-refractivity contribution in [2.45, 2.75) is 26.2 Å². The molecule has 0 saturated carbocycles. The molecule has 0 bridgehead atoms. The average Bonchev–Trinajstić information content (AvgIpc) is 2.58. The quantitative estimate of drug-likeness (QED) is 0.629. The molecule has 8 heteroatoms. The molecule has 0 radical (unpaired) electrons. The minimum Gasteiger partial charge on any atom is -0.493 e. The van der Waals surface area contributed by atoms with Crippen LogP contribution in [0.5, 0.6) is 11.5 Å². The summed E-state index contributed by atoms with van der Waals surface area (Å²) in [5, 5.41) is 0. The number of methoxy groups -OCH3 is 2. The van der Waals surface area contributed by atoms with Crippen LogP contribution < -0.4 is 13.8 Å². The van der Waals surface area contributed by atoms with Gasteiger partial charge in [0.05, 0.1) is 26.2 Å². The number of carbonyl (C=O) groups is 1. The monoisotopic (exact) mass is 372 g/mol. The standard InChI is InChI=1S/C17H28N2O5S/c1-6-7-11-18(2)17(20)10-12-19(25(5,21)22)14-8-9-15(23-3)16(13-14)24-4/h8-9,13H,6-7,10-12H2,1-5H3. The topological polar surface area (TPSA) is 76.2 Å². The zero-order valence-electron chi connectivity index (χ0n) is 15.6. The summed E-state index contributed by atoms with van der Waals surface area (Å²) in [6.45, 7) is 2.80. The number of hydrogen-bond donors (Lipinski definition) is 0. The molecule has 1 rings (SSSR count). The maximum atomic E-state index is 12.2. The lowest BCUT2D eigenvalue weighted by Crippen LogP contribution is -2.35. The fourth-order valence-corrected chi connectivity index (χ4v) is 3.29. The smallest absolute Gasteiger partial charge is 0.232 e. The molecule has 1 amide bonds. The second-order valence-corrected chi connectivity index (χ2v) is 7.70. The van der Waals surface area contributed by atoms with Gasteiger partial charge in [-0.05, 0) is 18.6 Å². The zero-order valence-corrected chi connectivity index (χ0v) is 16.4. The van der Waals surface area contributed by atoms with E-state index >= 15 is 0 Å². The van der Waals surface area contributed by atoms with Gasteiger partial charge in [0.1, 0.15) is 0 Å². The van der Waals surface area contributed by atoms with E-state index in [4.69, 9.17) is 9.47 Å². The largest absolute Gasteiger partial charge is 0.493 e. The molecule has 1 aromatic rings. The number of sulfonamides is 1. The van der Waals surface area contributed by atoms with Crippen LogP contribution in [-0.4, -0.2) is 59.8 Å². The molecule has 0 N–H and O–H groups in total. The van der Waals surface area contributed by atoms with E-state index in [0.29, 0.717) is 23.7 Å². The molecule has 0 aliphatic rings. The van der Waals surface area contributed by atoms with Crippen molar-refractivity contribution in [3.05, 3.63) is 18.2 Å². The van der Waals surface area contributed by atoms with Crippen molar-refractivity contribution in [1.29, 1.82) is 0 Å². The normalized spacial score (nSPS) is 11.1. The number of ether oxygens (including phenoxy) is 2. The van der Waals surface area contributed by atoms with Crippen LogP contribution in [0.4, 0.5) is 5.69 Å². The van der Waals surface area contributed by atoms with Gasteiger partial charge in [-0.15, -0.1) is 0 Å². The van der Waals surface area contributed by atoms with E-state index in [1.807, 2.05) is 0 Å². The van der Waals surface area contributed by atoms with E-state index in [0.717, 1.165) is 19.1 Å². The van der Waals surface area contributed by atoms with Crippen LogP contribution in [-0.2, 0) is 14.8 Å². The van der Waals surface area contributed by atoms with Crippen LogP contribution >= 0.6 is 0 Å². The van der Waals surface area contributed by atoms with Gasteiger partial charge in [0.2, 0.25) is 15.9 Å². The van der Waals surface area contributed by atoms with Crippen LogP contribution in [0.2, 0.25) is 0 Å². The number of hydrogen-bond acceptors (Lipinski definition) is 5. The van der Waals surface area contributed by atoms with Gasteiger partial charge in [-0.2, -0.15) is 0 Å². The summed E-state index contributed by atoms with van der Waals surface area (Å²) in [4.78, 5) is 13.8. The predicted octanol–water partition coefficient (Wildman–Crippen LogP) is 2.12. The minimum absolute atomic E-state index is 0.0730. The van der Waals surface area contributed by atoms with Gasteiger partial charge in [0, 0.05) is 32.6 Å². The van der Waals surface area contributed by atoms with Crippen LogP contribution in [0.25, 0.3) is 0 Å². The number of unbranched alkanes of at least 4 members (excludes halogenated alkanes) is 1. The Morgan fingerprint density at radius 1 is 1.12 bits per heavy atom. The highest BCUT2D eigenvalue weighted by atomic mass is 32.2. The van der Waals surface area contributed by atoms with E-state index in [9.17, 15) is 13.2 Å². The van der Waals surface area contributed by atoms with Crippen LogP contribution in [0.15, 0.2) is 18.2 Å². The fraction of sp³-hybridized carbons (Fsp3) is 0.588. The lowest BCUT2D eigenvalue weighted by atomic mass is 10.2. The molecule has 0 aliphatic carbocycles. The van der Waals surface area contributed by atoms with Crippen molar-refractivity contribution in [3.8, 4) is 11.5 Å². The summed E-state index contributed by atoms with van der Waals surface area (Å²) < 4.78 is 35.9. The first-order valence-corrected chi connectivity index (χ1v) is 10.0. The summed E-state index contributed by atoms with van der Waals surface area (Å²) >= 11 is 0. The minimum atomic E-state index is -3.53. The second-order valence-electron chi connectivity index (χ2n) is 5.79. The second kappa shape index (κ2) is 9.50. The fourth-order valence-electron chi connectivity index (χ4n) is 2.37. The van der Waals surface area contributed by atoms with Gasteiger partial charge in [-0.25, -0.2) is 8.42 Å². The highest BCUT2D eigenvalue weighted by molar-refractivity contribution is 7.92. The van der Waals surface area contributed by atoms with E-state index in [1.165, 1.54) is 18.5 Å². The van der Waals surface area contributed by atoms with E-state index < -0.39 is 10.0 Å². The summed E-state index contributed by atoms with van der Waals surface area (Å²) in [5.41, 5.74) is 0.434. The molecule has 0 aromatic heterocycles. The van der Waals surface area contributed by atoms with Crippen molar-refractivity contribution in [3.63, 3.8) is 0 Å². The Morgan fingerprint density at radius 3 is 2.28 bits per heavy atom. The number of rotatable bonds is 10. The van der Waals surface area contributed by atoms with Crippen molar-refractivity contribution < 1.29 is 22.7 Å². The number of anilines is 1. The highest BCUT2D eigenvalue weighted by Gasteiger charge is 2.21. The maximum Gasteiger partial charge on any atom is 0.232 e. The molecule has 25 heavy (non-hydrogen) atoms. The summed E-state index contributed by atoms with van der Waals surface area (Å²) in [7, 11) is 1.20. The number of nitrogens with zero attached hydrogens (tertiary/aromatic N) is 2. The lowest BCUT2D eigenvalue weighted by molar-refractivity contribution is -0.129. The first-order chi connectivity index (χ1) is 11.7. The van der Waals surface area contributed by atoms with Gasteiger partial charge in [-0.1, -0.05) is 13.3 Å². The Balaban J connectivity index is 2.95. The molecule has 0 fully saturated rings. The van der Waals surface area contributed by atoms with Crippen molar-refractivity contribution in [2.24, 2.45) is 0 Å². The number of benzene rings is 1. The molecule has 0 heterocycles. The molecule has 0 atom stereocenters. The third-order valence-corrected chi connectivity index (χ3v) is 5.05. The van der Waals surface area contributed by atoms with E-state index in [1.54, 1.807) is 30.1 Å². The lowest BCUT2D eigenvalue weighted by Gasteiger charge is -2.24. The van der Waals surface area contributed by atoms with Gasteiger partial charge >= 0.3 is 0 Å². The Labute approximate surface area is 150 Å². The molecular weight excluding hydrogens is 344 g/mol. The van der Waals surface area contributed by atoms with Crippen molar-refractivity contribution >= 4 is 21.6 Å². The van der Waals surface area contributed by atoms with E-state index in [-0.39, 0.29) is 18.9 Å². The number of carbonyl (C=O) groups excluding carboxylic acids is 1. The maximum absolute atomic E-state index is 12.2. The molecule has 0 aliphatic heterocycles.